The summed E-state index contributed by atoms with van der Waals surface area (Å²) < 4.78 is 0. The number of carbonyl (C=O) groups excluding carboxylic acids is 1. The van der Waals surface area contributed by atoms with Crippen molar-refractivity contribution >= 4 is 5.91 Å². The van der Waals surface area contributed by atoms with E-state index in [2.05, 4.69) is 27.1 Å². The molecule has 23 heavy (non-hydrogen) atoms. The molecule has 1 atom stereocenters. The van der Waals surface area contributed by atoms with Gasteiger partial charge in [0.1, 0.15) is 5.69 Å². The molecule has 5 heteroatoms. The van der Waals surface area contributed by atoms with Gasteiger partial charge in [0.05, 0.1) is 11.9 Å². The van der Waals surface area contributed by atoms with Crippen LogP contribution < -0.4 is 0 Å². The monoisotopic (exact) mass is 310 g/mol. The number of aromatic nitrogens is 3. The van der Waals surface area contributed by atoms with Crippen LogP contribution in [0.4, 0.5) is 0 Å². The number of rotatable bonds is 4. The molecule has 2 aromatic heterocycles. The minimum Gasteiger partial charge on any atom is -0.334 e. The van der Waals surface area contributed by atoms with Crippen molar-refractivity contribution in [2.24, 2.45) is 0 Å². The van der Waals surface area contributed by atoms with Gasteiger partial charge in [-0.1, -0.05) is 0 Å². The highest BCUT2D eigenvalue weighted by atomic mass is 16.2. The van der Waals surface area contributed by atoms with Gasteiger partial charge in [0.15, 0.2) is 0 Å². The lowest BCUT2D eigenvalue weighted by molar-refractivity contribution is 0.0724. The Kier molecular flexibility index (Phi) is 4.65. The van der Waals surface area contributed by atoms with E-state index >= 15 is 0 Å². The Morgan fingerprint density at radius 2 is 2.09 bits per heavy atom. The molecule has 1 aliphatic rings. The average molecular weight is 310 g/mol. The summed E-state index contributed by atoms with van der Waals surface area (Å²) in [5.41, 5.74) is 3.60. The Hall–Kier alpha value is -2.30. The third-order valence-electron chi connectivity index (χ3n) is 4.37. The number of amides is 1. The fourth-order valence-electron chi connectivity index (χ4n) is 3.15. The molecular formula is C18H22N4O. The highest BCUT2D eigenvalue weighted by Gasteiger charge is 2.29. The van der Waals surface area contributed by atoms with Crippen LogP contribution in [0.3, 0.4) is 0 Å². The fraction of sp³-hybridized carbons (Fsp3) is 0.444. The molecule has 0 N–H and O–H groups in total. The third-order valence-corrected chi connectivity index (χ3v) is 4.37. The van der Waals surface area contributed by atoms with Gasteiger partial charge in [-0.05, 0) is 57.2 Å². The molecule has 2 aromatic rings. The largest absolute Gasteiger partial charge is 0.334 e. The Bertz CT molecular complexity index is 684. The summed E-state index contributed by atoms with van der Waals surface area (Å²) in [5.74, 6) is 0.00547. The molecule has 0 saturated carbocycles. The smallest absolute Gasteiger partial charge is 0.274 e. The first-order valence-electron chi connectivity index (χ1n) is 8.14. The molecule has 0 radical (unpaired) electrons. The number of hydrogen-bond donors (Lipinski definition) is 0. The Morgan fingerprint density at radius 3 is 2.83 bits per heavy atom. The van der Waals surface area contributed by atoms with Crippen LogP contribution in [0.15, 0.2) is 30.7 Å². The SMILES string of the molecule is Cc1cnc(C(=O)N2CCC[C@@H]2CCc2ccnc(C)c2)cn1. The van der Waals surface area contributed by atoms with Gasteiger partial charge in [-0.25, -0.2) is 4.98 Å². The second kappa shape index (κ2) is 6.86. The van der Waals surface area contributed by atoms with Gasteiger partial charge in [0.2, 0.25) is 0 Å². The molecule has 1 amide bonds. The molecule has 0 unspecified atom stereocenters. The molecule has 3 rings (SSSR count). The fourth-order valence-corrected chi connectivity index (χ4v) is 3.15. The minimum atomic E-state index is 0.00547. The zero-order valence-electron chi connectivity index (χ0n) is 13.7. The first kappa shape index (κ1) is 15.6. The molecule has 5 nitrogen and oxygen atoms in total. The Labute approximate surface area is 136 Å². The first-order valence-corrected chi connectivity index (χ1v) is 8.14. The number of hydrogen-bond acceptors (Lipinski definition) is 4. The highest BCUT2D eigenvalue weighted by Crippen LogP contribution is 2.23. The zero-order valence-corrected chi connectivity index (χ0v) is 13.7. The lowest BCUT2D eigenvalue weighted by atomic mass is 10.0. The summed E-state index contributed by atoms with van der Waals surface area (Å²) in [5, 5.41) is 0. The maximum atomic E-state index is 12.6. The Balaban J connectivity index is 1.65. The third kappa shape index (κ3) is 3.73. The van der Waals surface area contributed by atoms with Crippen LogP contribution in [0.5, 0.6) is 0 Å². The van der Waals surface area contributed by atoms with Crippen LogP contribution in [0.2, 0.25) is 0 Å². The van der Waals surface area contributed by atoms with Crippen LogP contribution in [0.25, 0.3) is 0 Å². The number of likely N-dealkylation sites (tertiary alicyclic amines) is 1. The average Bonchev–Trinajstić information content (AvgIpc) is 3.01. The molecular weight excluding hydrogens is 288 g/mol. The topological polar surface area (TPSA) is 59.0 Å². The van der Waals surface area contributed by atoms with Gasteiger partial charge in [-0.3, -0.25) is 14.8 Å². The minimum absolute atomic E-state index is 0.00547. The standard InChI is InChI=1S/C18H22N4O/c1-13-10-15(7-8-19-13)5-6-16-4-3-9-22(16)18(23)17-12-20-14(2)11-21-17/h7-8,10-12,16H,3-6,9H2,1-2H3/t16-/m1/s1. The van der Waals surface area contributed by atoms with Crippen molar-refractivity contribution in [2.75, 3.05) is 6.54 Å². The summed E-state index contributed by atoms with van der Waals surface area (Å²) in [4.78, 5) is 27.3. The van der Waals surface area contributed by atoms with Crippen molar-refractivity contribution in [2.45, 2.75) is 45.6 Å². The van der Waals surface area contributed by atoms with E-state index < -0.39 is 0 Å². The molecule has 0 bridgehead atoms. The molecule has 120 valence electrons. The zero-order chi connectivity index (χ0) is 16.2. The van der Waals surface area contributed by atoms with Crippen LogP contribution in [0, 0.1) is 13.8 Å². The Morgan fingerprint density at radius 1 is 1.22 bits per heavy atom. The van der Waals surface area contributed by atoms with Crippen LogP contribution in [0.1, 0.15) is 46.7 Å². The maximum Gasteiger partial charge on any atom is 0.274 e. The van der Waals surface area contributed by atoms with Gasteiger partial charge >= 0.3 is 0 Å². The molecule has 3 heterocycles. The molecule has 1 aliphatic heterocycles. The molecule has 0 aliphatic carbocycles. The predicted octanol–water partition coefficient (Wildman–Crippen LogP) is 2.73. The summed E-state index contributed by atoms with van der Waals surface area (Å²) in [6, 6.07) is 4.46. The lowest BCUT2D eigenvalue weighted by Crippen LogP contribution is -2.36. The van der Waals surface area contributed by atoms with Crippen molar-refractivity contribution in [3.05, 3.63) is 53.4 Å². The van der Waals surface area contributed by atoms with Gasteiger partial charge in [0.25, 0.3) is 5.91 Å². The van der Waals surface area contributed by atoms with E-state index in [1.807, 2.05) is 24.9 Å². The van der Waals surface area contributed by atoms with Crippen molar-refractivity contribution < 1.29 is 4.79 Å². The second-order valence-corrected chi connectivity index (χ2v) is 6.18. The van der Waals surface area contributed by atoms with E-state index in [9.17, 15) is 4.79 Å². The summed E-state index contributed by atoms with van der Waals surface area (Å²) in [7, 11) is 0. The van der Waals surface area contributed by atoms with E-state index in [1.54, 1.807) is 12.4 Å². The predicted molar refractivity (Wildman–Crippen MR) is 88.1 cm³/mol. The number of nitrogens with zero attached hydrogens (tertiary/aromatic N) is 4. The molecule has 1 fully saturated rings. The van der Waals surface area contributed by atoms with E-state index in [0.717, 1.165) is 43.6 Å². The quantitative estimate of drug-likeness (QED) is 0.871. The van der Waals surface area contributed by atoms with Crippen molar-refractivity contribution in [3.8, 4) is 0 Å². The lowest BCUT2D eigenvalue weighted by Gasteiger charge is -2.24. The molecule has 0 aromatic carbocycles. The number of carbonyl (C=O) groups is 1. The second-order valence-electron chi connectivity index (χ2n) is 6.18. The van der Waals surface area contributed by atoms with E-state index in [1.165, 1.54) is 5.56 Å². The van der Waals surface area contributed by atoms with Gasteiger partial charge in [0, 0.05) is 30.7 Å². The van der Waals surface area contributed by atoms with Crippen LogP contribution >= 0.6 is 0 Å². The molecule has 1 saturated heterocycles. The van der Waals surface area contributed by atoms with Gasteiger partial charge in [-0.15, -0.1) is 0 Å². The normalized spacial score (nSPS) is 17.5. The van der Waals surface area contributed by atoms with Crippen molar-refractivity contribution in [1.29, 1.82) is 0 Å². The first-order chi connectivity index (χ1) is 11.1. The van der Waals surface area contributed by atoms with Gasteiger partial charge in [-0.2, -0.15) is 0 Å². The molecule has 0 spiro atoms. The van der Waals surface area contributed by atoms with Gasteiger partial charge < -0.3 is 4.90 Å². The van der Waals surface area contributed by atoms with Crippen molar-refractivity contribution in [1.82, 2.24) is 19.9 Å². The van der Waals surface area contributed by atoms with Crippen LogP contribution in [-0.4, -0.2) is 38.3 Å². The van der Waals surface area contributed by atoms with E-state index in [4.69, 9.17) is 0 Å². The highest BCUT2D eigenvalue weighted by molar-refractivity contribution is 5.92. The maximum absolute atomic E-state index is 12.6. The summed E-state index contributed by atoms with van der Waals surface area (Å²) in [6.45, 7) is 4.69. The summed E-state index contributed by atoms with van der Waals surface area (Å²) in [6.07, 6.45) is 9.16. The summed E-state index contributed by atoms with van der Waals surface area (Å²) >= 11 is 0. The van der Waals surface area contributed by atoms with E-state index in [0.29, 0.717) is 11.7 Å². The van der Waals surface area contributed by atoms with E-state index in [-0.39, 0.29) is 5.91 Å². The number of aryl methyl sites for hydroxylation is 3. The van der Waals surface area contributed by atoms with Crippen molar-refractivity contribution in [3.63, 3.8) is 0 Å². The van der Waals surface area contributed by atoms with Crippen LogP contribution in [-0.2, 0) is 6.42 Å². The number of pyridine rings is 1.